The SMILES string of the molecule is O=S(O)(O)=S.[Bi]. The average molecular weight is 323 g/mol. The summed E-state index contributed by atoms with van der Waals surface area (Å²) in [6.45, 7) is 0. The molecule has 0 spiro atoms. The minimum absolute atomic E-state index is 0. The molecule has 0 bridgehead atoms. The molecule has 37 valence electrons. The molecule has 3 radical (unpaired) electrons. The summed E-state index contributed by atoms with van der Waals surface area (Å²) in [7, 11) is -3.83. The third-order valence-corrected chi connectivity index (χ3v) is 0. The van der Waals surface area contributed by atoms with E-state index in [1.807, 2.05) is 0 Å². The zero-order valence-electron chi connectivity index (χ0n) is 2.57. The molecule has 0 saturated carbocycles. The molecule has 0 heterocycles. The Bertz CT molecular complexity index is 92.0. The second-order valence-electron chi connectivity index (χ2n) is 0.448. The number of hydrogen-bond donors (Lipinski definition) is 2. The van der Waals surface area contributed by atoms with Gasteiger partial charge in [0.05, 0.1) is 0 Å². The Balaban J connectivity index is 0. The molecule has 0 unspecified atom stereocenters. The van der Waals surface area contributed by atoms with Crippen LogP contribution in [0.3, 0.4) is 0 Å². The van der Waals surface area contributed by atoms with Crippen LogP contribution >= 0.6 is 0 Å². The topological polar surface area (TPSA) is 57.5 Å². The van der Waals surface area contributed by atoms with E-state index in [-0.39, 0.29) is 26.2 Å². The molecular weight excluding hydrogens is 321 g/mol. The van der Waals surface area contributed by atoms with Crippen LogP contribution in [0.2, 0.25) is 0 Å². The Hall–Kier alpha value is 1.17. The van der Waals surface area contributed by atoms with Crippen LogP contribution in [0.25, 0.3) is 0 Å². The second-order valence-corrected chi connectivity index (χ2v) is 2.65. The molecule has 0 aliphatic heterocycles. The maximum absolute atomic E-state index is 9.11. The van der Waals surface area contributed by atoms with Gasteiger partial charge in [-0.25, -0.2) is 0 Å². The molecular formula is H2BiO3S2. The molecule has 0 aromatic heterocycles. The third kappa shape index (κ3) is 65.5. The minimum Gasteiger partial charge on any atom is -0.285 e. The van der Waals surface area contributed by atoms with Crippen molar-refractivity contribution in [2.24, 2.45) is 0 Å². The second kappa shape index (κ2) is 3.21. The van der Waals surface area contributed by atoms with Gasteiger partial charge in [-0.1, -0.05) is 0 Å². The molecule has 0 atom stereocenters. The van der Waals surface area contributed by atoms with E-state index in [1.165, 1.54) is 0 Å². The average Bonchev–Trinajstić information content (AvgIpc) is 0.722. The maximum Gasteiger partial charge on any atom is 0.263 e. The molecule has 0 aliphatic carbocycles. The van der Waals surface area contributed by atoms with Crippen LogP contribution in [0.5, 0.6) is 0 Å². The summed E-state index contributed by atoms with van der Waals surface area (Å²) in [5, 5.41) is 0. The van der Waals surface area contributed by atoms with Gasteiger partial charge in [0.2, 0.25) is 0 Å². The Labute approximate surface area is 59.6 Å². The molecule has 0 aromatic carbocycles. The first kappa shape index (κ1) is 10.2. The van der Waals surface area contributed by atoms with Crippen LogP contribution in [0.1, 0.15) is 0 Å². The monoisotopic (exact) mass is 323 g/mol. The van der Waals surface area contributed by atoms with Crippen molar-refractivity contribution in [3.63, 3.8) is 0 Å². The van der Waals surface area contributed by atoms with E-state index in [2.05, 4.69) is 11.2 Å². The Morgan fingerprint density at radius 2 is 1.50 bits per heavy atom. The Morgan fingerprint density at radius 1 is 1.50 bits per heavy atom. The van der Waals surface area contributed by atoms with Gasteiger partial charge in [0, 0.05) is 37.4 Å². The van der Waals surface area contributed by atoms with E-state index in [4.69, 9.17) is 13.3 Å². The van der Waals surface area contributed by atoms with Crippen molar-refractivity contribution in [1.82, 2.24) is 0 Å². The van der Waals surface area contributed by atoms with Gasteiger partial charge in [-0.15, -0.1) is 0 Å². The third-order valence-electron chi connectivity index (χ3n) is 0. The minimum atomic E-state index is -3.83. The van der Waals surface area contributed by atoms with E-state index in [9.17, 15) is 0 Å². The van der Waals surface area contributed by atoms with Crippen molar-refractivity contribution in [3.05, 3.63) is 0 Å². The molecule has 3 nitrogen and oxygen atoms in total. The summed E-state index contributed by atoms with van der Waals surface area (Å²) < 4.78 is 24.0. The first-order chi connectivity index (χ1) is 2.00. The predicted molar refractivity (Wildman–Crippen MR) is 26.5 cm³/mol. The van der Waals surface area contributed by atoms with Crippen molar-refractivity contribution in [1.29, 1.82) is 0 Å². The van der Waals surface area contributed by atoms with E-state index >= 15 is 0 Å². The predicted octanol–water partition coefficient (Wildman–Crippen LogP) is -0.702. The van der Waals surface area contributed by atoms with E-state index in [1.54, 1.807) is 0 Å². The molecule has 0 amide bonds. The molecule has 0 aliphatic rings. The summed E-state index contributed by atoms with van der Waals surface area (Å²) in [5.41, 5.74) is 0. The van der Waals surface area contributed by atoms with Crippen LogP contribution in [0, 0.1) is 0 Å². The number of rotatable bonds is 0. The fourth-order valence-electron chi connectivity index (χ4n) is 0. The molecule has 0 saturated heterocycles. The fraction of sp³-hybridized carbons (Fsp3) is 0. The largest absolute Gasteiger partial charge is 0.285 e. The van der Waals surface area contributed by atoms with Gasteiger partial charge < -0.3 is 0 Å². The van der Waals surface area contributed by atoms with E-state index < -0.39 is 9.05 Å². The zero-order chi connectivity index (χ0) is 4.50. The molecule has 2 N–H and O–H groups in total. The van der Waals surface area contributed by atoms with Gasteiger partial charge in [0.25, 0.3) is 9.05 Å². The summed E-state index contributed by atoms with van der Waals surface area (Å²) in [6, 6.07) is 0. The van der Waals surface area contributed by atoms with Gasteiger partial charge in [0.1, 0.15) is 0 Å². The smallest absolute Gasteiger partial charge is 0.263 e. The van der Waals surface area contributed by atoms with Gasteiger partial charge in [-0.05, 0) is 0 Å². The summed E-state index contributed by atoms with van der Waals surface area (Å²) in [6.07, 6.45) is 0. The van der Waals surface area contributed by atoms with Crippen LogP contribution in [0.15, 0.2) is 0 Å². The van der Waals surface area contributed by atoms with Gasteiger partial charge in [-0.3, -0.25) is 9.11 Å². The van der Waals surface area contributed by atoms with E-state index in [0.29, 0.717) is 0 Å². The Morgan fingerprint density at radius 3 is 1.50 bits per heavy atom. The first-order valence-electron chi connectivity index (χ1n) is 0.698. The van der Waals surface area contributed by atoms with Crippen molar-refractivity contribution in [2.45, 2.75) is 0 Å². The van der Waals surface area contributed by atoms with Gasteiger partial charge in [-0.2, -0.15) is 4.21 Å². The van der Waals surface area contributed by atoms with Crippen molar-refractivity contribution >= 4 is 46.4 Å². The standard InChI is InChI=1S/Bi.H2O3S2/c;1-5(2,3)4/h;(H2,1,2,3,4). The number of hydrogen-bond acceptors (Lipinski definition) is 2. The summed E-state index contributed by atoms with van der Waals surface area (Å²) in [4.78, 5) is 0. The first-order valence-corrected chi connectivity index (χ1v) is 3.10. The van der Waals surface area contributed by atoms with Gasteiger partial charge in [0.15, 0.2) is 0 Å². The quantitative estimate of drug-likeness (QED) is 0.579. The molecule has 0 fully saturated rings. The Kier molecular flexibility index (Phi) is 5.47. The fourth-order valence-corrected chi connectivity index (χ4v) is 0. The van der Waals surface area contributed by atoms with Crippen LogP contribution in [0.4, 0.5) is 0 Å². The van der Waals surface area contributed by atoms with Crippen LogP contribution < -0.4 is 0 Å². The summed E-state index contributed by atoms with van der Waals surface area (Å²) in [5.74, 6) is 0. The van der Waals surface area contributed by atoms with Crippen LogP contribution in [-0.2, 0) is 20.2 Å². The zero-order valence-corrected chi connectivity index (χ0v) is 7.68. The normalized spacial score (nSPS) is 9.67. The summed E-state index contributed by atoms with van der Waals surface area (Å²) >= 11 is 3.47. The van der Waals surface area contributed by atoms with Gasteiger partial charge >= 0.3 is 0 Å². The van der Waals surface area contributed by atoms with Crippen molar-refractivity contribution in [3.8, 4) is 0 Å². The molecule has 0 rings (SSSR count). The van der Waals surface area contributed by atoms with Crippen molar-refractivity contribution in [2.75, 3.05) is 0 Å². The van der Waals surface area contributed by atoms with Crippen LogP contribution in [-0.4, -0.2) is 39.5 Å². The molecule has 0 aromatic rings. The molecule has 6 heteroatoms. The van der Waals surface area contributed by atoms with Crippen molar-refractivity contribution < 1.29 is 13.3 Å². The van der Waals surface area contributed by atoms with E-state index in [0.717, 1.165) is 0 Å². The maximum atomic E-state index is 9.11. The molecule has 6 heavy (non-hydrogen) atoms.